The molecule has 0 radical (unpaired) electrons. The molecule has 0 bridgehead atoms. The molecule has 2 aliphatic carbocycles. The smallest absolute Gasteiger partial charge is 0.309 e. The number of hydrogen-bond acceptors (Lipinski definition) is 3. The first-order valence-corrected chi connectivity index (χ1v) is 12.1. The highest BCUT2D eigenvalue weighted by Gasteiger charge is 2.49. The number of hydrogen-bond donors (Lipinski definition) is 3. The third-order valence-corrected chi connectivity index (χ3v) is 7.58. The molecule has 0 aliphatic heterocycles. The van der Waals surface area contributed by atoms with Crippen molar-refractivity contribution in [2.75, 3.05) is 0 Å². The summed E-state index contributed by atoms with van der Waals surface area (Å²) in [4.78, 5) is 11.2. The third kappa shape index (κ3) is 6.39. The molecular formula is C26H40O4. The van der Waals surface area contributed by atoms with Crippen molar-refractivity contribution in [3.8, 4) is 11.5 Å². The van der Waals surface area contributed by atoms with E-state index in [-0.39, 0.29) is 11.5 Å². The lowest BCUT2D eigenvalue weighted by Gasteiger charge is -2.14. The number of phenols is 2. The summed E-state index contributed by atoms with van der Waals surface area (Å²) in [6.07, 6.45) is 17.3. The zero-order chi connectivity index (χ0) is 21.6. The van der Waals surface area contributed by atoms with Crippen LogP contribution in [0.3, 0.4) is 0 Å². The highest BCUT2D eigenvalue weighted by atomic mass is 16.4. The first kappa shape index (κ1) is 23.0. The Kier molecular flexibility index (Phi) is 7.70. The molecule has 2 fully saturated rings. The van der Waals surface area contributed by atoms with Gasteiger partial charge in [-0.2, -0.15) is 0 Å². The van der Waals surface area contributed by atoms with Crippen LogP contribution in [0.15, 0.2) is 12.1 Å². The summed E-state index contributed by atoms with van der Waals surface area (Å²) in [5.74, 6) is -0.598. The van der Waals surface area contributed by atoms with Crippen LogP contribution in [0.25, 0.3) is 0 Å². The van der Waals surface area contributed by atoms with Gasteiger partial charge < -0.3 is 15.3 Å². The molecule has 0 unspecified atom stereocenters. The van der Waals surface area contributed by atoms with E-state index >= 15 is 0 Å². The lowest BCUT2D eigenvalue weighted by Crippen LogP contribution is -2.14. The maximum Gasteiger partial charge on any atom is 0.309 e. The molecule has 0 saturated heterocycles. The van der Waals surface area contributed by atoms with Crippen molar-refractivity contribution >= 4 is 5.97 Å². The molecule has 2 saturated carbocycles. The number of carbonyl (C=O) groups is 1. The predicted octanol–water partition coefficient (Wildman–Crippen LogP) is 6.75. The van der Waals surface area contributed by atoms with E-state index in [0.717, 1.165) is 69.8 Å². The van der Waals surface area contributed by atoms with Crippen molar-refractivity contribution in [1.29, 1.82) is 0 Å². The highest BCUT2D eigenvalue weighted by molar-refractivity contribution is 5.77. The van der Waals surface area contributed by atoms with Crippen LogP contribution < -0.4 is 0 Å². The second kappa shape index (κ2) is 10.1. The average Bonchev–Trinajstić information content (AvgIpc) is 3.63. The number of unbranched alkanes of at least 4 members (excludes halogenated alkanes) is 6. The number of carboxylic acid groups (broad SMARTS) is 1. The molecule has 2 aliphatic rings. The van der Waals surface area contributed by atoms with E-state index in [1.165, 1.54) is 44.1 Å². The van der Waals surface area contributed by atoms with Gasteiger partial charge in [-0.1, -0.05) is 51.5 Å². The number of aliphatic carboxylic acids is 1. The number of phenolic OH excluding ortho intramolecular Hbond substituents is 2. The van der Waals surface area contributed by atoms with Crippen molar-refractivity contribution in [2.45, 2.75) is 110 Å². The number of aromatic hydroxyl groups is 2. The van der Waals surface area contributed by atoms with Gasteiger partial charge in [-0.25, -0.2) is 0 Å². The highest BCUT2D eigenvalue weighted by Crippen LogP contribution is 2.50. The van der Waals surface area contributed by atoms with E-state index in [0.29, 0.717) is 5.41 Å². The van der Waals surface area contributed by atoms with Gasteiger partial charge in [0.2, 0.25) is 0 Å². The SMILES string of the molecule is CC1(CCCCCCc2ccc(O)c(O)c2CCCCCCC2(C(=O)O)CC2)CC1. The van der Waals surface area contributed by atoms with Gasteiger partial charge in [0.25, 0.3) is 0 Å². The average molecular weight is 417 g/mol. The summed E-state index contributed by atoms with van der Waals surface area (Å²) in [5, 5.41) is 29.6. The monoisotopic (exact) mass is 416 g/mol. The van der Waals surface area contributed by atoms with Gasteiger partial charge in [0.1, 0.15) is 0 Å². The summed E-state index contributed by atoms with van der Waals surface area (Å²) < 4.78 is 0. The predicted molar refractivity (Wildman–Crippen MR) is 120 cm³/mol. The Morgan fingerprint density at radius 1 is 0.833 bits per heavy atom. The molecule has 0 atom stereocenters. The van der Waals surface area contributed by atoms with Gasteiger partial charge in [0.05, 0.1) is 5.41 Å². The van der Waals surface area contributed by atoms with Gasteiger partial charge in [0.15, 0.2) is 11.5 Å². The van der Waals surface area contributed by atoms with Crippen LogP contribution in [-0.2, 0) is 17.6 Å². The van der Waals surface area contributed by atoms with E-state index in [2.05, 4.69) is 6.92 Å². The maximum atomic E-state index is 11.2. The van der Waals surface area contributed by atoms with Gasteiger partial charge >= 0.3 is 5.97 Å². The Morgan fingerprint density at radius 2 is 1.43 bits per heavy atom. The third-order valence-electron chi connectivity index (χ3n) is 7.58. The topological polar surface area (TPSA) is 77.8 Å². The molecule has 4 nitrogen and oxygen atoms in total. The number of carboxylic acids is 1. The van der Waals surface area contributed by atoms with Crippen molar-refractivity contribution in [2.24, 2.45) is 10.8 Å². The molecule has 3 N–H and O–H groups in total. The molecule has 0 heterocycles. The van der Waals surface area contributed by atoms with E-state index in [4.69, 9.17) is 0 Å². The normalized spacial score (nSPS) is 18.3. The molecule has 0 spiro atoms. The molecule has 1 aromatic carbocycles. The molecule has 168 valence electrons. The minimum atomic E-state index is -0.626. The van der Waals surface area contributed by atoms with Crippen LogP contribution in [0.5, 0.6) is 11.5 Å². The minimum absolute atomic E-state index is 0.0245. The van der Waals surface area contributed by atoms with Crippen LogP contribution in [0, 0.1) is 10.8 Å². The fourth-order valence-electron chi connectivity index (χ4n) is 4.70. The molecule has 0 aromatic heterocycles. The summed E-state index contributed by atoms with van der Waals surface area (Å²) in [7, 11) is 0. The molecule has 3 rings (SSSR count). The second-order valence-corrected chi connectivity index (χ2v) is 10.3. The van der Waals surface area contributed by atoms with Crippen LogP contribution >= 0.6 is 0 Å². The molecule has 4 heteroatoms. The number of benzene rings is 1. The van der Waals surface area contributed by atoms with E-state index in [1.807, 2.05) is 6.07 Å². The first-order valence-electron chi connectivity index (χ1n) is 12.1. The van der Waals surface area contributed by atoms with Gasteiger partial charge in [-0.3, -0.25) is 4.79 Å². The van der Waals surface area contributed by atoms with Crippen molar-refractivity contribution < 1.29 is 20.1 Å². The summed E-state index contributed by atoms with van der Waals surface area (Å²) in [6.45, 7) is 2.40. The molecule has 0 amide bonds. The zero-order valence-corrected chi connectivity index (χ0v) is 18.7. The first-order chi connectivity index (χ1) is 14.4. The van der Waals surface area contributed by atoms with Gasteiger partial charge in [-0.05, 0) is 81.3 Å². The Labute approximate surface area is 181 Å². The van der Waals surface area contributed by atoms with Crippen LogP contribution in [0.1, 0.15) is 108 Å². The van der Waals surface area contributed by atoms with Crippen LogP contribution in [0.2, 0.25) is 0 Å². The van der Waals surface area contributed by atoms with Crippen LogP contribution in [-0.4, -0.2) is 21.3 Å². The largest absolute Gasteiger partial charge is 0.504 e. The molecular weight excluding hydrogens is 376 g/mol. The fourth-order valence-corrected chi connectivity index (χ4v) is 4.70. The number of rotatable bonds is 15. The lowest BCUT2D eigenvalue weighted by molar-refractivity contribution is -0.143. The number of aryl methyl sites for hydroxylation is 1. The Morgan fingerprint density at radius 3 is 2.03 bits per heavy atom. The maximum absolute atomic E-state index is 11.2. The van der Waals surface area contributed by atoms with Crippen LogP contribution in [0.4, 0.5) is 0 Å². The minimum Gasteiger partial charge on any atom is -0.504 e. The standard InChI is InChI=1S/C26H40O4/c1-25(16-17-25)14-8-4-2-6-10-20-12-13-22(27)23(28)21(20)11-7-3-5-9-15-26(18-19-26)24(29)30/h12-13,27-28H,2-11,14-19H2,1H3,(H,29,30). The second-order valence-electron chi connectivity index (χ2n) is 10.3. The van der Waals surface area contributed by atoms with Crippen molar-refractivity contribution in [3.05, 3.63) is 23.3 Å². The quantitative estimate of drug-likeness (QED) is 0.218. The van der Waals surface area contributed by atoms with Gasteiger partial charge in [-0.15, -0.1) is 0 Å². The van der Waals surface area contributed by atoms with E-state index in [9.17, 15) is 20.1 Å². The Bertz CT molecular complexity index is 716. The summed E-state index contributed by atoms with van der Waals surface area (Å²) >= 11 is 0. The van der Waals surface area contributed by atoms with E-state index < -0.39 is 11.4 Å². The zero-order valence-electron chi connectivity index (χ0n) is 18.7. The summed E-state index contributed by atoms with van der Waals surface area (Å²) in [5.41, 5.74) is 2.32. The Balaban J connectivity index is 1.36. The lowest BCUT2D eigenvalue weighted by atomic mass is 9.94. The Hall–Kier alpha value is -1.71. The molecule has 1 aromatic rings. The summed E-state index contributed by atoms with van der Waals surface area (Å²) in [6, 6.07) is 3.59. The van der Waals surface area contributed by atoms with Gasteiger partial charge in [0, 0.05) is 5.56 Å². The van der Waals surface area contributed by atoms with Crippen molar-refractivity contribution in [3.63, 3.8) is 0 Å². The van der Waals surface area contributed by atoms with E-state index in [1.54, 1.807) is 6.07 Å². The van der Waals surface area contributed by atoms with Crippen molar-refractivity contribution in [1.82, 2.24) is 0 Å². The molecule has 30 heavy (non-hydrogen) atoms. The fraction of sp³-hybridized carbons (Fsp3) is 0.731.